The van der Waals surface area contributed by atoms with Gasteiger partial charge in [-0.05, 0) is 51.2 Å². The second kappa shape index (κ2) is 5.47. The highest BCUT2D eigenvalue weighted by Gasteiger charge is 2.24. The van der Waals surface area contributed by atoms with Gasteiger partial charge in [0.05, 0.1) is 11.5 Å². The van der Waals surface area contributed by atoms with Gasteiger partial charge in [-0.2, -0.15) is 0 Å². The molecule has 2 saturated heterocycles. The van der Waals surface area contributed by atoms with E-state index in [1.54, 1.807) is 0 Å². The molecule has 2 heterocycles. The Kier molecular flexibility index (Phi) is 4.21. The summed E-state index contributed by atoms with van der Waals surface area (Å²) in [4.78, 5) is 0. The van der Waals surface area contributed by atoms with Gasteiger partial charge >= 0.3 is 0 Å². The van der Waals surface area contributed by atoms with Crippen molar-refractivity contribution in [2.45, 2.75) is 31.7 Å². The molecule has 2 N–H and O–H groups in total. The van der Waals surface area contributed by atoms with E-state index in [4.69, 9.17) is 0 Å². The largest absolute Gasteiger partial charge is 0.316 e. The van der Waals surface area contributed by atoms with Gasteiger partial charge in [-0.3, -0.25) is 0 Å². The summed E-state index contributed by atoms with van der Waals surface area (Å²) in [6, 6.07) is 0.422. The summed E-state index contributed by atoms with van der Waals surface area (Å²) in [7, 11) is -2.71. The molecule has 0 aromatic heterocycles. The molecule has 2 aliphatic rings. The quantitative estimate of drug-likeness (QED) is 0.744. The van der Waals surface area contributed by atoms with Crippen LogP contribution in [-0.4, -0.2) is 45.6 Å². The third-order valence-corrected chi connectivity index (χ3v) is 5.36. The van der Waals surface area contributed by atoms with Gasteiger partial charge in [0.2, 0.25) is 0 Å². The first-order valence-corrected chi connectivity index (χ1v) is 8.12. The summed E-state index contributed by atoms with van der Waals surface area (Å²) in [6.45, 7) is 3.30. The van der Waals surface area contributed by atoms with Crippen LogP contribution in [-0.2, 0) is 9.84 Å². The van der Waals surface area contributed by atoms with Gasteiger partial charge in [-0.15, -0.1) is 0 Å². The van der Waals surface area contributed by atoms with Crippen LogP contribution in [0.15, 0.2) is 0 Å². The smallest absolute Gasteiger partial charge is 0.150 e. The van der Waals surface area contributed by atoms with Crippen LogP contribution in [0.5, 0.6) is 0 Å². The van der Waals surface area contributed by atoms with E-state index < -0.39 is 9.84 Å². The molecule has 0 aromatic carbocycles. The predicted molar refractivity (Wildman–Crippen MR) is 65.3 cm³/mol. The molecule has 0 spiro atoms. The van der Waals surface area contributed by atoms with Gasteiger partial charge in [0, 0.05) is 6.04 Å². The molecule has 5 heteroatoms. The standard InChI is InChI=1S/C11H22N2O2S/c14-16(15)6-3-11(4-7-16)13-9-10-2-1-5-12-8-10/h10-13H,1-9H2. The first-order valence-electron chi connectivity index (χ1n) is 6.30. The van der Waals surface area contributed by atoms with E-state index in [9.17, 15) is 8.42 Å². The Hall–Kier alpha value is -0.130. The SMILES string of the molecule is O=S1(=O)CCC(NCC2CCCNC2)CC1. The summed E-state index contributed by atoms with van der Waals surface area (Å²) in [5.41, 5.74) is 0. The number of hydrogen-bond acceptors (Lipinski definition) is 4. The molecule has 0 bridgehead atoms. The van der Waals surface area contributed by atoms with Gasteiger partial charge < -0.3 is 10.6 Å². The lowest BCUT2D eigenvalue weighted by atomic mass is 9.99. The Balaban J connectivity index is 1.67. The summed E-state index contributed by atoms with van der Waals surface area (Å²) in [5.74, 6) is 1.47. The molecule has 1 unspecified atom stereocenters. The molecule has 4 nitrogen and oxygen atoms in total. The number of rotatable bonds is 3. The molecule has 16 heavy (non-hydrogen) atoms. The van der Waals surface area contributed by atoms with E-state index in [0.717, 1.165) is 38.4 Å². The zero-order chi connectivity index (χ0) is 11.4. The van der Waals surface area contributed by atoms with Gasteiger partial charge in [0.25, 0.3) is 0 Å². The minimum Gasteiger partial charge on any atom is -0.316 e. The Bertz CT molecular complexity index is 296. The van der Waals surface area contributed by atoms with Crippen molar-refractivity contribution in [2.24, 2.45) is 5.92 Å². The van der Waals surface area contributed by atoms with Crippen molar-refractivity contribution in [2.75, 3.05) is 31.1 Å². The first-order chi connectivity index (χ1) is 7.66. The van der Waals surface area contributed by atoms with Crippen molar-refractivity contribution in [3.63, 3.8) is 0 Å². The second-order valence-electron chi connectivity index (χ2n) is 5.05. The number of sulfone groups is 1. The maximum atomic E-state index is 11.3. The van der Waals surface area contributed by atoms with Crippen LogP contribution in [0.25, 0.3) is 0 Å². The van der Waals surface area contributed by atoms with Crippen LogP contribution in [0.3, 0.4) is 0 Å². The fraction of sp³-hybridized carbons (Fsp3) is 1.00. The van der Waals surface area contributed by atoms with E-state index in [0.29, 0.717) is 17.5 Å². The Labute approximate surface area is 98.1 Å². The fourth-order valence-electron chi connectivity index (χ4n) is 2.53. The summed E-state index contributed by atoms with van der Waals surface area (Å²) >= 11 is 0. The van der Waals surface area contributed by atoms with Crippen LogP contribution in [0.1, 0.15) is 25.7 Å². The lowest BCUT2D eigenvalue weighted by Crippen LogP contribution is -2.42. The van der Waals surface area contributed by atoms with Crippen molar-refractivity contribution in [3.8, 4) is 0 Å². The van der Waals surface area contributed by atoms with Crippen LogP contribution < -0.4 is 10.6 Å². The van der Waals surface area contributed by atoms with Crippen LogP contribution in [0, 0.1) is 5.92 Å². The fourth-order valence-corrected chi connectivity index (χ4v) is 4.02. The molecule has 0 aliphatic carbocycles. The Morgan fingerprint density at radius 3 is 2.56 bits per heavy atom. The molecule has 1 atom stereocenters. The monoisotopic (exact) mass is 246 g/mol. The highest BCUT2D eigenvalue weighted by atomic mass is 32.2. The Morgan fingerprint density at radius 1 is 1.19 bits per heavy atom. The summed E-state index contributed by atoms with van der Waals surface area (Å²) in [5, 5.41) is 6.92. The molecule has 94 valence electrons. The van der Waals surface area contributed by atoms with E-state index in [2.05, 4.69) is 10.6 Å². The molecule has 0 aromatic rings. The van der Waals surface area contributed by atoms with E-state index in [1.807, 2.05) is 0 Å². The highest BCUT2D eigenvalue weighted by Crippen LogP contribution is 2.14. The minimum absolute atomic E-state index is 0.369. The van der Waals surface area contributed by atoms with Crippen molar-refractivity contribution in [3.05, 3.63) is 0 Å². The average molecular weight is 246 g/mol. The van der Waals surface area contributed by atoms with Gasteiger partial charge in [0.15, 0.2) is 0 Å². The number of hydrogen-bond donors (Lipinski definition) is 2. The summed E-state index contributed by atoms with van der Waals surface area (Å²) in [6.07, 6.45) is 4.15. The van der Waals surface area contributed by atoms with Crippen molar-refractivity contribution in [1.29, 1.82) is 0 Å². The topological polar surface area (TPSA) is 58.2 Å². The lowest BCUT2D eigenvalue weighted by Gasteiger charge is -2.28. The number of nitrogens with one attached hydrogen (secondary N) is 2. The molecule has 2 rings (SSSR count). The predicted octanol–water partition coefficient (Wildman–Crippen LogP) is 0.153. The molecule has 2 fully saturated rings. The zero-order valence-corrected chi connectivity index (χ0v) is 10.6. The van der Waals surface area contributed by atoms with E-state index in [1.165, 1.54) is 12.8 Å². The molecule has 2 aliphatic heterocycles. The maximum absolute atomic E-state index is 11.3. The van der Waals surface area contributed by atoms with Crippen LogP contribution >= 0.6 is 0 Å². The normalized spacial score (nSPS) is 31.4. The number of piperidine rings is 1. The lowest BCUT2D eigenvalue weighted by molar-refractivity contribution is 0.335. The van der Waals surface area contributed by atoms with Gasteiger partial charge in [-0.1, -0.05) is 0 Å². The minimum atomic E-state index is -2.71. The first kappa shape index (κ1) is 12.3. The third-order valence-electron chi connectivity index (χ3n) is 3.65. The molecular weight excluding hydrogens is 224 g/mol. The second-order valence-corrected chi connectivity index (χ2v) is 7.35. The van der Waals surface area contributed by atoms with E-state index >= 15 is 0 Å². The Morgan fingerprint density at radius 2 is 1.94 bits per heavy atom. The molecule has 0 saturated carbocycles. The highest BCUT2D eigenvalue weighted by molar-refractivity contribution is 7.91. The van der Waals surface area contributed by atoms with Gasteiger partial charge in [0.1, 0.15) is 9.84 Å². The molecule has 0 amide bonds. The van der Waals surface area contributed by atoms with Crippen LogP contribution in [0.4, 0.5) is 0 Å². The molecular formula is C11H22N2O2S. The zero-order valence-electron chi connectivity index (χ0n) is 9.74. The molecule has 0 radical (unpaired) electrons. The third kappa shape index (κ3) is 3.71. The van der Waals surface area contributed by atoms with Crippen molar-refractivity contribution >= 4 is 9.84 Å². The summed E-state index contributed by atoms with van der Waals surface area (Å²) < 4.78 is 22.5. The van der Waals surface area contributed by atoms with E-state index in [-0.39, 0.29) is 0 Å². The maximum Gasteiger partial charge on any atom is 0.150 e. The van der Waals surface area contributed by atoms with Crippen molar-refractivity contribution < 1.29 is 8.42 Å². The van der Waals surface area contributed by atoms with Crippen molar-refractivity contribution in [1.82, 2.24) is 10.6 Å². The van der Waals surface area contributed by atoms with Crippen LogP contribution in [0.2, 0.25) is 0 Å². The van der Waals surface area contributed by atoms with Gasteiger partial charge in [-0.25, -0.2) is 8.42 Å². The average Bonchev–Trinajstić information content (AvgIpc) is 2.29.